The second kappa shape index (κ2) is 6.88. The van der Waals surface area contributed by atoms with Crippen LogP contribution in [-0.2, 0) is 10.3 Å². The van der Waals surface area contributed by atoms with Crippen LogP contribution in [0.5, 0.6) is 0 Å². The standard InChI is InChI=1S/C18H13Cl2F2N3O4/c19-7-1-3-9-11(5-7)23-17(27)18(9)13(16(25(28)29)12(6-26)24-18)8-2-4-10(21)14(20)15(8)22/h1-5,12-13,16,24,26H,6H2,(H,23,27)/t12-,13-,16+,18+/m0/s1. The van der Waals surface area contributed by atoms with Gasteiger partial charge in [-0.3, -0.25) is 20.2 Å². The van der Waals surface area contributed by atoms with Gasteiger partial charge in [-0.15, -0.1) is 0 Å². The van der Waals surface area contributed by atoms with Gasteiger partial charge in [0.25, 0.3) is 0 Å². The van der Waals surface area contributed by atoms with E-state index in [4.69, 9.17) is 23.2 Å². The van der Waals surface area contributed by atoms with Crippen LogP contribution in [0.3, 0.4) is 0 Å². The summed E-state index contributed by atoms with van der Waals surface area (Å²) in [5.41, 5.74) is -1.49. The van der Waals surface area contributed by atoms with Crippen LogP contribution >= 0.6 is 23.2 Å². The number of aliphatic hydroxyl groups excluding tert-OH is 1. The van der Waals surface area contributed by atoms with Crippen LogP contribution in [0.4, 0.5) is 14.5 Å². The molecule has 1 amide bonds. The fraction of sp³-hybridized carbons (Fsp3) is 0.278. The van der Waals surface area contributed by atoms with Gasteiger partial charge in [-0.2, -0.15) is 0 Å². The van der Waals surface area contributed by atoms with E-state index in [1.807, 2.05) is 0 Å². The van der Waals surface area contributed by atoms with Crippen molar-refractivity contribution >= 4 is 34.8 Å². The Morgan fingerprint density at radius 3 is 2.62 bits per heavy atom. The van der Waals surface area contributed by atoms with Crippen LogP contribution in [-0.4, -0.2) is 34.6 Å². The van der Waals surface area contributed by atoms with Crippen molar-refractivity contribution in [2.24, 2.45) is 0 Å². The molecule has 0 aliphatic carbocycles. The summed E-state index contributed by atoms with van der Waals surface area (Å²) >= 11 is 11.7. The number of fused-ring (bicyclic) bond motifs is 2. The highest BCUT2D eigenvalue weighted by atomic mass is 35.5. The largest absolute Gasteiger partial charge is 0.394 e. The molecular weight excluding hydrogens is 431 g/mol. The normalized spacial score (nSPS) is 27.9. The summed E-state index contributed by atoms with van der Waals surface area (Å²) in [6.07, 6.45) is 0. The van der Waals surface area contributed by atoms with E-state index in [9.17, 15) is 28.8 Å². The van der Waals surface area contributed by atoms with Crippen molar-refractivity contribution in [1.29, 1.82) is 0 Å². The molecule has 0 aromatic heterocycles. The highest BCUT2D eigenvalue weighted by molar-refractivity contribution is 6.31. The molecule has 2 heterocycles. The van der Waals surface area contributed by atoms with Gasteiger partial charge in [0.1, 0.15) is 28.2 Å². The molecule has 0 saturated carbocycles. The summed E-state index contributed by atoms with van der Waals surface area (Å²) in [4.78, 5) is 24.3. The number of nitrogens with zero attached hydrogens (tertiary/aromatic N) is 1. The van der Waals surface area contributed by atoms with Crippen LogP contribution in [0.15, 0.2) is 30.3 Å². The second-order valence-electron chi connectivity index (χ2n) is 6.90. The fourth-order valence-corrected chi connectivity index (χ4v) is 4.68. The molecule has 29 heavy (non-hydrogen) atoms. The zero-order valence-corrected chi connectivity index (χ0v) is 16.0. The lowest BCUT2D eigenvalue weighted by Crippen LogP contribution is -2.49. The van der Waals surface area contributed by atoms with Gasteiger partial charge < -0.3 is 10.4 Å². The Labute approximate surface area is 172 Å². The molecule has 0 radical (unpaired) electrons. The monoisotopic (exact) mass is 443 g/mol. The number of anilines is 1. The lowest BCUT2D eigenvalue weighted by atomic mass is 9.74. The third-order valence-electron chi connectivity index (χ3n) is 5.49. The quantitative estimate of drug-likeness (QED) is 0.384. The van der Waals surface area contributed by atoms with Crippen LogP contribution < -0.4 is 10.6 Å². The minimum Gasteiger partial charge on any atom is -0.394 e. The number of amides is 1. The summed E-state index contributed by atoms with van der Waals surface area (Å²) in [6, 6.07) is 3.59. The van der Waals surface area contributed by atoms with E-state index in [1.54, 1.807) is 0 Å². The SMILES string of the molecule is O=C1Nc2cc(Cl)ccc2[C@]12N[C@@H](CO)[C@@H]([N+](=O)[O-])[C@@H]2c1ccc(F)c(Cl)c1F. The van der Waals surface area contributed by atoms with Crippen molar-refractivity contribution in [3.63, 3.8) is 0 Å². The Balaban J connectivity index is 2.02. The van der Waals surface area contributed by atoms with Crippen molar-refractivity contribution in [2.75, 3.05) is 11.9 Å². The Bertz CT molecular complexity index is 1050. The molecule has 152 valence electrons. The first kappa shape index (κ1) is 20.0. The van der Waals surface area contributed by atoms with Gasteiger partial charge in [-0.25, -0.2) is 8.78 Å². The van der Waals surface area contributed by atoms with Crippen LogP contribution in [0.1, 0.15) is 17.0 Å². The Morgan fingerprint density at radius 1 is 1.24 bits per heavy atom. The Morgan fingerprint density at radius 2 is 1.97 bits per heavy atom. The van der Waals surface area contributed by atoms with Gasteiger partial charge in [0.2, 0.25) is 11.9 Å². The van der Waals surface area contributed by atoms with Gasteiger partial charge in [0.15, 0.2) is 0 Å². The van der Waals surface area contributed by atoms with E-state index < -0.39 is 57.6 Å². The Kier molecular flexibility index (Phi) is 4.73. The van der Waals surface area contributed by atoms with E-state index >= 15 is 0 Å². The maximum atomic E-state index is 14.9. The molecule has 2 aliphatic heterocycles. The maximum Gasteiger partial charge on any atom is 0.250 e. The third kappa shape index (κ3) is 2.72. The first-order valence-electron chi connectivity index (χ1n) is 8.49. The molecular formula is C18H13Cl2F2N3O4. The molecule has 4 atom stereocenters. The minimum atomic E-state index is -1.78. The molecule has 2 aliphatic rings. The van der Waals surface area contributed by atoms with Crippen molar-refractivity contribution in [3.05, 3.63) is 73.3 Å². The van der Waals surface area contributed by atoms with E-state index in [0.717, 1.165) is 12.1 Å². The van der Waals surface area contributed by atoms with Gasteiger partial charge in [0.05, 0.1) is 12.5 Å². The number of hydrogen-bond donors (Lipinski definition) is 3. The third-order valence-corrected chi connectivity index (χ3v) is 6.07. The number of rotatable bonds is 3. The van der Waals surface area contributed by atoms with E-state index in [-0.39, 0.29) is 5.56 Å². The highest BCUT2D eigenvalue weighted by Crippen LogP contribution is 2.53. The van der Waals surface area contributed by atoms with E-state index in [0.29, 0.717) is 16.3 Å². The highest BCUT2D eigenvalue weighted by Gasteiger charge is 2.67. The molecule has 0 unspecified atom stereocenters. The van der Waals surface area contributed by atoms with Gasteiger partial charge in [-0.1, -0.05) is 35.3 Å². The van der Waals surface area contributed by atoms with E-state index in [1.165, 1.54) is 18.2 Å². The smallest absolute Gasteiger partial charge is 0.250 e. The molecule has 1 fully saturated rings. The number of benzene rings is 2. The van der Waals surface area contributed by atoms with Crippen molar-refractivity contribution in [1.82, 2.24) is 5.32 Å². The first-order valence-corrected chi connectivity index (χ1v) is 9.25. The molecule has 11 heteroatoms. The number of aliphatic hydroxyl groups is 1. The molecule has 7 nitrogen and oxygen atoms in total. The van der Waals surface area contributed by atoms with Gasteiger partial charge in [0, 0.05) is 26.8 Å². The van der Waals surface area contributed by atoms with Crippen molar-refractivity contribution in [3.8, 4) is 0 Å². The van der Waals surface area contributed by atoms with Gasteiger partial charge in [-0.05, 0) is 18.2 Å². The number of carbonyl (C=O) groups is 1. The number of hydrogen-bond acceptors (Lipinski definition) is 5. The summed E-state index contributed by atoms with van der Waals surface area (Å²) < 4.78 is 28.7. The lowest BCUT2D eigenvalue weighted by molar-refractivity contribution is -0.527. The average molecular weight is 444 g/mol. The number of nitrogens with one attached hydrogen (secondary N) is 2. The summed E-state index contributed by atoms with van der Waals surface area (Å²) in [7, 11) is 0. The van der Waals surface area contributed by atoms with Gasteiger partial charge >= 0.3 is 0 Å². The van der Waals surface area contributed by atoms with Crippen LogP contribution in [0.2, 0.25) is 10.0 Å². The number of halogens is 4. The van der Waals surface area contributed by atoms with Crippen molar-refractivity contribution < 1.29 is 23.6 Å². The van der Waals surface area contributed by atoms with Crippen LogP contribution in [0.25, 0.3) is 0 Å². The Hall–Kier alpha value is -2.33. The average Bonchev–Trinajstić information content (AvgIpc) is 3.15. The fourth-order valence-electron chi connectivity index (χ4n) is 4.34. The predicted molar refractivity (Wildman–Crippen MR) is 101 cm³/mol. The number of nitro groups is 1. The number of carbonyl (C=O) groups excluding carboxylic acids is 1. The zero-order valence-electron chi connectivity index (χ0n) is 14.5. The molecule has 2 aromatic rings. The molecule has 0 bridgehead atoms. The maximum absolute atomic E-state index is 14.9. The summed E-state index contributed by atoms with van der Waals surface area (Å²) in [6.45, 7) is -0.684. The predicted octanol–water partition coefficient (Wildman–Crippen LogP) is 2.81. The molecule has 1 saturated heterocycles. The van der Waals surface area contributed by atoms with Crippen molar-refractivity contribution in [2.45, 2.75) is 23.5 Å². The second-order valence-corrected chi connectivity index (χ2v) is 7.72. The lowest BCUT2D eigenvalue weighted by Gasteiger charge is -2.30. The molecule has 3 N–H and O–H groups in total. The molecule has 2 aromatic carbocycles. The first-order chi connectivity index (χ1) is 13.7. The summed E-state index contributed by atoms with van der Waals surface area (Å²) in [5.74, 6) is -4.33. The van der Waals surface area contributed by atoms with Crippen LogP contribution in [0, 0.1) is 21.7 Å². The zero-order chi connectivity index (χ0) is 21.1. The molecule has 1 spiro atoms. The topological polar surface area (TPSA) is 104 Å². The van der Waals surface area contributed by atoms with E-state index in [2.05, 4.69) is 10.6 Å². The molecule has 4 rings (SSSR count). The summed E-state index contributed by atoms with van der Waals surface area (Å²) in [5, 5.41) is 26.6. The minimum absolute atomic E-state index is 0.300.